The Morgan fingerprint density at radius 1 is 1.40 bits per heavy atom. The number of halogens is 1. The number of hydrogen-bond donors (Lipinski definition) is 0. The number of ether oxygens (including phenoxy) is 1. The fraction of sp³-hybridized carbons (Fsp3) is 0.545. The van der Waals surface area contributed by atoms with E-state index in [0.717, 1.165) is 0 Å². The predicted octanol–water partition coefficient (Wildman–Crippen LogP) is 3.29. The van der Waals surface area contributed by atoms with Crippen molar-refractivity contribution >= 4 is 17.6 Å². The van der Waals surface area contributed by atoms with Crippen molar-refractivity contribution < 1.29 is 9.53 Å². The smallest absolute Gasteiger partial charge is 0.355 e. The minimum absolute atomic E-state index is 0.119. The lowest BCUT2D eigenvalue weighted by molar-refractivity contribution is 0.0363. The van der Waals surface area contributed by atoms with E-state index in [1.54, 1.807) is 12.3 Å². The topological polar surface area (TPSA) is 31.2 Å². The molecule has 0 aliphatic heterocycles. The van der Waals surface area contributed by atoms with Crippen molar-refractivity contribution in [3.8, 4) is 0 Å². The Labute approximate surface area is 95.0 Å². The number of rotatable bonds is 3. The third-order valence-corrected chi connectivity index (χ3v) is 2.13. The van der Waals surface area contributed by atoms with Gasteiger partial charge in [-0.05, 0) is 33.8 Å². The molecular weight excluding hydrogens is 214 g/mol. The van der Waals surface area contributed by atoms with Gasteiger partial charge < -0.3 is 9.30 Å². The maximum atomic E-state index is 11.7. The quantitative estimate of drug-likeness (QED) is 0.745. The van der Waals surface area contributed by atoms with E-state index in [-0.39, 0.29) is 18.1 Å². The van der Waals surface area contributed by atoms with Gasteiger partial charge in [0.05, 0.1) is 11.1 Å². The van der Waals surface area contributed by atoms with Crippen molar-refractivity contribution in [2.45, 2.75) is 39.8 Å². The fourth-order valence-corrected chi connectivity index (χ4v) is 1.52. The number of carbonyl (C=O) groups excluding carboxylic acids is 1. The van der Waals surface area contributed by atoms with Crippen LogP contribution in [0.4, 0.5) is 0 Å². The molecule has 0 bridgehead atoms. The first-order valence-corrected chi connectivity index (χ1v) is 5.38. The summed E-state index contributed by atoms with van der Waals surface area (Å²) < 4.78 is 6.93. The van der Waals surface area contributed by atoms with E-state index in [0.29, 0.717) is 10.7 Å². The average molecular weight is 230 g/mol. The molecule has 0 unspecified atom stereocenters. The molecule has 0 saturated carbocycles. The van der Waals surface area contributed by atoms with E-state index in [4.69, 9.17) is 16.3 Å². The second-order valence-corrected chi connectivity index (χ2v) is 4.44. The van der Waals surface area contributed by atoms with Gasteiger partial charge in [0.15, 0.2) is 0 Å². The van der Waals surface area contributed by atoms with E-state index in [1.807, 2.05) is 32.3 Å². The maximum Gasteiger partial charge on any atom is 0.355 e. The monoisotopic (exact) mass is 229 g/mol. The molecule has 15 heavy (non-hydrogen) atoms. The van der Waals surface area contributed by atoms with Gasteiger partial charge in [-0.2, -0.15) is 0 Å². The molecule has 3 nitrogen and oxygen atoms in total. The summed E-state index contributed by atoms with van der Waals surface area (Å²) in [4.78, 5) is 11.7. The van der Waals surface area contributed by atoms with Crippen LogP contribution in [0.15, 0.2) is 12.3 Å². The summed E-state index contributed by atoms with van der Waals surface area (Å²) in [6, 6.07) is 1.82. The molecule has 1 rings (SSSR count). The van der Waals surface area contributed by atoms with Gasteiger partial charge in [-0.15, -0.1) is 0 Å². The van der Waals surface area contributed by atoms with Gasteiger partial charge in [-0.25, -0.2) is 4.79 Å². The van der Waals surface area contributed by atoms with Gasteiger partial charge in [0.1, 0.15) is 5.69 Å². The van der Waals surface area contributed by atoms with Crippen molar-refractivity contribution in [3.63, 3.8) is 0 Å². The Morgan fingerprint density at radius 2 is 2.00 bits per heavy atom. The predicted molar refractivity (Wildman–Crippen MR) is 60.4 cm³/mol. The molecule has 0 fully saturated rings. The normalized spacial score (nSPS) is 11.1. The molecule has 0 aliphatic rings. The minimum atomic E-state index is -0.328. The zero-order valence-electron chi connectivity index (χ0n) is 9.45. The molecule has 0 aromatic carbocycles. The van der Waals surface area contributed by atoms with Gasteiger partial charge in [-0.3, -0.25) is 0 Å². The minimum Gasteiger partial charge on any atom is -0.458 e. The average Bonchev–Trinajstić information content (AvgIpc) is 2.46. The van der Waals surface area contributed by atoms with Crippen LogP contribution in [-0.2, 0) is 4.74 Å². The van der Waals surface area contributed by atoms with E-state index in [9.17, 15) is 4.79 Å². The summed E-state index contributed by atoms with van der Waals surface area (Å²) >= 11 is 5.86. The van der Waals surface area contributed by atoms with Crippen LogP contribution in [0.25, 0.3) is 0 Å². The van der Waals surface area contributed by atoms with Crippen LogP contribution in [-0.4, -0.2) is 16.6 Å². The molecule has 1 heterocycles. The zero-order valence-corrected chi connectivity index (χ0v) is 10.2. The van der Waals surface area contributed by atoms with E-state index < -0.39 is 0 Å². The highest BCUT2D eigenvalue weighted by molar-refractivity contribution is 6.31. The molecule has 0 N–H and O–H groups in total. The van der Waals surface area contributed by atoms with Gasteiger partial charge in [0.2, 0.25) is 0 Å². The lowest BCUT2D eigenvalue weighted by Gasteiger charge is -2.13. The summed E-state index contributed by atoms with van der Waals surface area (Å²) in [7, 11) is 0. The van der Waals surface area contributed by atoms with E-state index in [1.165, 1.54) is 0 Å². The number of esters is 1. The maximum absolute atomic E-state index is 11.7. The molecular formula is C11H16ClNO2. The van der Waals surface area contributed by atoms with Crippen molar-refractivity contribution in [1.82, 2.24) is 4.57 Å². The van der Waals surface area contributed by atoms with Crippen LogP contribution >= 0.6 is 11.6 Å². The number of hydrogen-bond acceptors (Lipinski definition) is 2. The van der Waals surface area contributed by atoms with Gasteiger partial charge in [-0.1, -0.05) is 11.6 Å². The highest BCUT2D eigenvalue weighted by Crippen LogP contribution is 2.19. The zero-order chi connectivity index (χ0) is 11.6. The van der Waals surface area contributed by atoms with Gasteiger partial charge >= 0.3 is 5.97 Å². The lowest BCUT2D eigenvalue weighted by atomic mass is 10.3. The van der Waals surface area contributed by atoms with E-state index >= 15 is 0 Å². The summed E-state index contributed by atoms with van der Waals surface area (Å²) in [6.07, 6.45) is 1.62. The van der Waals surface area contributed by atoms with Crippen LogP contribution in [0.2, 0.25) is 5.02 Å². The molecule has 0 amide bonds. The summed E-state index contributed by atoms with van der Waals surface area (Å²) in [6.45, 7) is 7.62. The van der Waals surface area contributed by atoms with Gasteiger partial charge in [0.25, 0.3) is 0 Å². The molecule has 1 aromatic heterocycles. The third-order valence-electron chi connectivity index (χ3n) is 1.92. The van der Waals surface area contributed by atoms with E-state index in [2.05, 4.69) is 0 Å². The van der Waals surface area contributed by atoms with Crippen LogP contribution in [0.5, 0.6) is 0 Å². The Balaban J connectivity index is 2.97. The molecule has 0 aliphatic carbocycles. The van der Waals surface area contributed by atoms with Crippen molar-refractivity contribution in [2.75, 3.05) is 0 Å². The van der Waals surface area contributed by atoms with Crippen LogP contribution in [0.3, 0.4) is 0 Å². The first-order chi connectivity index (χ1) is 6.91. The molecule has 0 spiro atoms. The summed E-state index contributed by atoms with van der Waals surface area (Å²) in [5.41, 5.74) is 0.503. The lowest BCUT2D eigenvalue weighted by Crippen LogP contribution is -2.16. The Morgan fingerprint density at radius 3 is 2.47 bits per heavy atom. The second-order valence-electron chi connectivity index (χ2n) is 4.00. The molecule has 4 heteroatoms. The Hall–Kier alpha value is -0.960. The van der Waals surface area contributed by atoms with Crippen LogP contribution in [0.1, 0.15) is 44.2 Å². The Kier molecular flexibility index (Phi) is 3.80. The number of nitrogens with zero attached hydrogens (tertiary/aromatic N) is 1. The van der Waals surface area contributed by atoms with Crippen LogP contribution < -0.4 is 0 Å². The molecule has 0 saturated heterocycles. The number of carbonyl (C=O) groups is 1. The highest BCUT2D eigenvalue weighted by atomic mass is 35.5. The largest absolute Gasteiger partial charge is 0.458 e. The van der Waals surface area contributed by atoms with Crippen LogP contribution in [0, 0.1) is 0 Å². The number of aromatic nitrogens is 1. The van der Waals surface area contributed by atoms with Crippen molar-refractivity contribution in [3.05, 3.63) is 23.0 Å². The second kappa shape index (κ2) is 4.71. The SMILES string of the molecule is CC(C)OC(=O)c1cc(Cl)cn1C(C)C. The van der Waals surface area contributed by atoms with Gasteiger partial charge in [0, 0.05) is 12.2 Å². The highest BCUT2D eigenvalue weighted by Gasteiger charge is 2.17. The van der Waals surface area contributed by atoms with Crippen molar-refractivity contribution in [1.29, 1.82) is 0 Å². The summed E-state index contributed by atoms with van der Waals surface area (Å²) in [5.74, 6) is -0.328. The molecule has 0 atom stereocenters. The van der Waals surface area contributed by atoms with Crippen molar-refractivity contribution in [2.24, 2.45) is 0 Å². The fourth-order valence-electron chi connectivity index (χ4n) is 1.31. The molecule has 84 valence electrons. The Bertz CT molecular complexity index is 355. The molecule has 1 aromatic rings. The third kappa shape index (κ3) is 2.99. The summed E-state index contributed by atoms with van der Waals surface area (Å²) in [5, 5.41) is 0.555. The first kappa shape index (κ1) is 12.1. The first-order valence-electron chi connectivity index (χ1n) is 5.00. The molecule has 0 radical (unpaired) electrons. The standard InChI is InChI=1S/C11H16ClNO2/c1-7(2)13-6-9(12)5-10(13)11(14)15-8(3)4/h5-8H,1-4H3.